The van der Waals surface area contributed by atoms with Gasteiger partial charge in [-0.15, -0.1) is 0 Å². The number of likely N-dealkylation sites (tertiary alicyclic amines) is 1. The summed E-state index contributed by atoms with van der Waals surface area (Å²) in [7, 11) is 0. The Balaban J connectivity index is 1.77. The van der Waals surface area contributed by atoms with Crippen LogP contribution in [0.3, 0.4) is 0 Å². The molecule has 3 nitrogen and oxygen atoms in total. The van der Waals surface area contributed by atoms with Crippen LogP contribution in [0.15, 0.2) is 0 Å². The molecule has 2 rings (SSSR count). The van der Waals surface area contributed by atoms with Gasteiger partial charge in [0.25, 0.3) is 0 Å². The first-order valence-corrected chi connectivity index (χ1v) is 7.75. The van der Waals surface area contributed by atoms with Crippen LogP contribution in [0.25, 0.3) is 0 Å². The molecule has 2 N–H and O–H groups in total. The summed E-state index contributed by atoms with van der Waals surface area (Å²) in [6.07, 6.45) is 9.12. The van der Waals surface area contributed by atoms with Crippen LogP contribution in [-0.2, 0) is 4.79 Å². The zero-order chi connectivity index (χ0) is 13.0. The highest BCUT2D eigenvalue weighted by atomic mass is 16.2. The molecule has 0 unspecified atom stereocenters. The van der Waals surface area contributed by atoms with E-state index in [1.807, 2.05) is 0 Å². The van der Waals surface area contributed by atoms with Crippen LogP contribution < -0.4 is 5.73 Å². The highest BCUT2D eigenvalue weighted by Crippen LogP contribution is 2.28. The summed E-state index contributed by atoms with van der Waals surface area (Å²) < 4.78 is 0. The van der Waals surface area contributed by atoms with Gasteiger partial charge in [-0.05, 0) is 44.4 Å². The van der Waals surface area contributed by atoms with E-state index in [0.717, 1.165) is 44.7 Å². The molecule has 1 amide bonds. The van der Waals surface area contributed by atoms with E-state index in [0.29, 0.717) is 11.9 Å². The summed E-state index contributed by atoms with van der Waals surface area (Å²) in [6, 6.07) is 0.337. The van der Waals surface area contributed by atoms with Gasteiger partial charge in [0, 0.05) is 25.0 Å². The fraction of sp³-hybridized carbons (Fsp3) is 0.933. The number of nitrogens with two attached hydrogens (primary N) is 1. The standard InChI is InChI=1S/C15H28N2O/c1-2-3-12-8-10-17(11-9-12)15(18)13-4-6-14(16)7-5-13/h12-14H,2-11,16H2,1H3. The number of hydrogen-bond acceptors (Lipinski definition) is 2. The van der Waals surface area contributed by atoms with Gasteiger partial charge in [0.05, 0.1) is 0 Å². The van der Waals surface area contributed by atoms with Crippen molar-refractivity contribution in [3.05, 3.63) is 0 Å². The second-order valence-corrected chi connectivity index (χ2v) is 6.17. The van der Waals surface area contributed by atoms with Gasteiger partial charge in [-0.25, -0.2) is 0 Å². The average molecular weight is 252 g/mol. The van der Waals surface area contributed by atoms with Crippen molar-refractivity contribution in [2.24, 2.45) is 17.6 Å². The zero-order valence-electron chi connectivity index (χ0n) is 11.7. The van der Waals surface area contributed by atoms with Gasteiger partial charge in [-0.2, -0.15) is 0 Å². The van der Waals surface area contributed by atoms with Crippen molar-refractivity contribution >= 4 is 5.91 Å². The van der Waals surface area contributed by atoms with E-state index in [-0.39, 0.29) is 5.92 Å². The minimum atomic E-state index is 0.271. The Morgan fingerprint density at radius 1 is 1.11 bits per heavy atom. The number of rotatable bonds is 3. The Hall–Kier alpha value is -0.570. The van der Waals surface area contributed by atoms with Crippen molar-refractivity contribution in [1.82, 2.24) is 4.90 Å². The molecule has 1 saturated heterocycles. The van der Waals surface area contributed by atoms with Crippen LogP contribution in [0.5, 0.6) is 0 Å². The van der Waals surface area contributed by atoms with Gasteiger partial charge in [-0.3, -0.25) is 4.79 Å². The van der Waals surface area contributed by atoms with Gasteiger partial charge in [-0.1, -0.05) is 19.8 Å². The van der Waals surface area contributed by atoms with Crippen molar-refractivity contribution in [2.45, 2.75) is 64.3 Å². The van der Waals surface area contributed by atoms with Gasteiger partial charge in [0.1, 0.15) is 0 Å². The van der Waals surface area contributed by atoms with Crippen molar-refractivity contribution in [3.8, 4) is 0 Å². The third-order valence-corrected chi connectivity index (χ3v) is 4.74. The lowest BCUT2D eigenvalue weighted by Gasteiger charge is -2.36. The summed E-state index contributed by atoms with van der Waals surface area (Å²) in [6.45, 7) is 4.24. The summed E-state index contributed by atoms with van der Waals surface area (Å²) in [5, 5.41) is 0. The molecule has 1 heterocycles. The Morgan fingerprint density at radius 2 is 1.72 bits per heavy atom. The predicted molar refractivity (Wildman–Crippen MR) is 74.1 cm³/mol. The fourth-order valence-electron chi connectivity index (χ4n) is 3.47. The Labute approximate surface area is 111 Å². The molecule has 2 fully saturated rings. The van der Waals surface area contributed by atoms with Crippen molar-refractivity contribution in [3.63, 3.8) is 0 Å². The molecule has 18 heavy (non-hydrogen) atoms. The Kier molecular flexibility index (Phi) is 5.04. The predicted octanol–water partition coefficient (Wildman–Crippen LogP) is 2.54. The number of piperidine rings is 1. The summed E-state index contributed by atoms with van der Waals surface area (Å²) in [5.74, 6) is 1.54. The Bertz CT molecular complexity index is 264. The topological polar surface area (TPSA) is 46.3 Å². The van der Waals surface area contributed by atoms with E-state index in [9.17, 15) is 4.79 Å². The molecule has 0 bridgehead atoms. The summed E-state index contributed by atoms with van der Waals surface area (Å²) in [5.41, 5.74) is 5.90. The van der Waals surface area contributed by atoms with Crippen LogP contribution in [0.2, 0.25) is 0 Å². The molecular weight excluding hydrogens is 224 g/mol. The highest BCUT2D eigenvalue weighted by Gasteiger charge is 2.30. The normalized spacial score (nSPS) is 30.4. The quantitative estimate of drug-likeness (QED) is 0.839. The van der Waals surface area contributed by atoms with Gasteiger partial charge >= 0.3 is 0 Å². The van der Waals surface area contributed by atoms with Crippen LogP contribution in [0.1, 0.15) is 58.3 Å². The fourth-order valence-corrected chi connectivity index (χ4v) is 3.47. The molecule has 1 aliphatic carbocycles. The molecule has 0 aromatic heterocycles. The molecule has 1 aliphatic heterocycles. The lowest BCUT2D eigenvalue weighted by atomic mass is 9.84. The number of carbonyl (C=O) groups excluding carboxylic acids is 1. The smallest absolute Gasteiger partial charge is 0.225 e. The molecule has 0 atom stereocenters. The second-order valence-electron chi connectivity index (χ2n) is 6.17. The van der Waals surface area contributed by atoms with Gasteiger partial charge in [0.15, 0.2) is 0 Å². The number of hydrogen-bond donors (Lipinski definition) is 1. The van der Waals surface area contributed by atoms with Crippen LogP contribution >= 0.6 is 0 Å². The van der Waals surface area contributed by atoms with Gasteiger partial charge < -0.3 is 10.6 Å². The van der Waals surface area contributed by atoms with Crippen molar-refractivity contribution < 1.29 is 4.79 Å². The average Bonchev–Trinajstić information content (AvgIpc) is 2.40. The third-order valence-electron chi connectivity index (χ3n) is 4.74. The van der Waals surface area contributed by atoms with E-state index < -0.39 is 0 Å². The lowest BCUT2D eigenvalue weighted by Crippen LogP contribution is -2.43. The highest BCUT2D eigenvalue weighted by molar-refractivity contribution is 5.79. The molecule has 104 valence electrons. The van der Waals surface area contributed by atoms with E-state index in [1.165, 1.54) is 25.7 Å². The zero-order valence-corrected chi connectivity index (χ0v) is 11.7. The van der Waals surface area contributed by atoms with Crippen LogP contribution in [-0.4, -0.2) is 29.9 Å². The van der Waals surface area contributed by atoms with Crippen LogP contribution in [0.4, 0.5) is 0 Å². The molecule has 1 saturated carbocycles. The first-order chi connectivity index (χ1) is 8.70. The molecule has 0 aromatic carbocycles. The van der Waals surface area contributed by atoms with E-state index >= 15 is 0 Å². The molecule has 0 spiro atoms. The maximum atomic E-state index is 12.4. The first-order valence-electron chi connectivity index (χ1n) is 7.75. The third kappa shape index (κ3) is 3.47. The first kappa shape index (κ1) is 13.9. The monoisotopic (exact) mass is 252 g/mol. The number of amides is 1. The largest absolute Gasteiger partial charge is 0.342 e. The molecule has 3 heteroatoms. The van der Waals surface area contributed by atoms with Gasteiger partial charge in [0.2, 0.25) is 5.91 Å². The Morgan fingerprint density at radius 3 is 2.28 bits per heavy atom. The molecule has 2 aliphatic rings. The maximum absolute atomic E-state index is 12.4. The minimum absolute atomic E-state index is 0.271. The lowest BCUT2D eigenvalue weighted by molar-refractivity contribution is -0.138. The van der Waals surface area contributed by atoms with E-state index in [1.54, 1.807) is 0 Å². The molecule has 0 radical (unpaired) electrons. The minimum Gasteiger partial charge on any atom is -0.342 e. The van der Waals surface area contributed by atoms with E-state index in [2.05, 4.69) is 11.8 Å². The number of nitrogens with zero attached hydrogens (tertiary/aromatic N) is 1. The maximum Gasteiger partial charge on any atom is 0.225 e. The molecular formula is C15H28N2O. The van der Waals surface area contributed by atoms with Crippen LogP contribution in [0, 0.1) is 11.8 Å². The SMILES string of the molecule is CCCC1CCN(C(=O)C2CCC(N)CC2)CC1. The molecule has 0 aromatic rings. The van der Waals surface area contributed by atoms with Crippen molar-refractivity contribution in [1.29, 1.82) is 0 Å². The summed E-state index contributed by atoms with van der Waals surface area (Å²) >= 11 is 0. The summed E-state index contributed by atoms with van der Waals surface area (Å²) in [4.78, 5) is 14.5. The second kappa shape index (κ2) is 6.55. The van der Waals surface area contributed by atoms with E-state index in [4.69, 9.17) is 5.73 Å². The number of carbonyl (C=O) groups is 1. The van der Waals surface area contributed by atoms with Crippen molar-refractivity contribution in [2.75, 3.05) is 13.1 Å².